The number of hydrogen-bond donors (Lipinski definition) is 1. The van der Waals surface area contributed by atoms with Crippen LogP contribution in [-0.2, 0) is 13.1 Å². The van der Waals surface area contributed by atoms with Crippen molar-refractivity contribution in [2.45, 2.75) is 72.6 Å². The minimum absolute atomic E-state index is 0.151. The van der Waals surface area contributed by atoms with E-state index in [4.69, 9.17) is 4.98 Å². The second-order valence-corrected chi connectivity index (χ2v) is 8.77. The van der Waals surface area contributed by atoms with Crippen molar-refractivity contribution >= 4 is 11.3 Å². The average molecular weight is 310 g/mol. The van der Waals surface area contributed by atoms with E-state index in [0.29, 0.717) is 6.04 Å². The first-order chi connectivity index (χ1) is 9.74. The van der Waals surface area contributed by atoms with E-state index in [2.05, 4.69) is 57.1 Å². The van der Waals surface area contributed by atoms with Crippen LogP contribution in [0.3, 0.4) is 0 Å². The van der Waals surface area contributed by atoms with Crippen molar-refractivity contribution in [2.24, 2.45) is 11.8 Å². The third kappa shape index (κ3) is 5.04. The van der Waals surface area contributed by atoms with Gasteiger partial charge in [-0.1, -0.05) is 13.8 Å². The molecule has 1 N–H and O–H groups in total. The predicted molar refractivity (Wildman–Crippen MR) is 91.5 cm³/mol. The fourth-order valence-electron chi connectivity index (χ4n) is 3.09. The number of nitrogens with zero attached hydrogens (tertiary/aromatic N) is 2. The van der Waals surface area contributed by atoms with Crippen molar-refractivity contribution in [1.82, 2.24) is 15.2 Å². The molecule has 2 heterocycles. The van der Waals surface area contributed by atoms with Gasteiger partial charge in [0.2, 0.25) is 0 Å². The third-order valence-electron chi connectivity index (χ3n) is 4.45. The molecule has 0 saturated carbocycles. The van der Waals surface area contributed by atoms with E-state index >= 15 is 0 Å². The van der Waals surface area contributed by atoms with Crippen LogP contribution in [0.15, 0.2) is 5.38 Å². The SMILES string of the molecule is CC1CC(C)C(C)N(Cc2csc(CNC(C)(C)C)n2)C1. The van der Waals surface area contributed by atoms with Crippen molar-refractivity contribution in [3.63, 3.8) is 0 Å². The molecule has 21 heavy (non-hydrogen) atoms. The number of hydrogen-bond acceptors (Lipinski definition) is 4. The third-order valence-corrected chi connectivity index (χ3v) is 5.35. The topological polar surface area (TPSA) is 28.2 Å². The van der Waals surface area contributed by atoms with Crippen LogP contribution >= 0.6 is 11.3 Å². The summed E-state index contributed by atoms with van der Waals surface area (Å²) in [6.07, 6.45) is 1.36. The standard InChI is InChI=1S/C17H31N3S/c1-12-7-13(2)14(3)20(9-12)10-15-11-21-16(19-15)8-18-17(4,5)6/h11-14,18H,7-10H2,1-6H3. The number of likely N-dealkylation sites (tertiary alicyclic amines) is 1. The van der Waals surface area contributed by atoms with Crippen LogP contribution in [0.2, 0.25) is 0 Å². The van der Waals surface area contributed by atoms with Crippen LogP contribution in [0.4, 0.5) is 0 Å². The Balaban J connectivity index is 1.92. The smallest absolute Gasteiger partial charge is 0.107 e. The Kier molecular flexibility index (Phi) is 5.44. The largest absolute Gasteiger partial charge is 0.306 e. The second-order valence-electron chi connectivity index (χ2n) is 7.82. The molecule has 3 nitrogen and oxygen atoms in total. The molecule has 1 aliphatic rings. The van der Waals surface area contributed by atoms with Crippen molar-refractivity contribution in [1.29, 1.82) is 0 Å². The van der Waals surface area contributed by atoms with Gasteiger partial charge in [0.25, 0.3) is 0 Å². The lowest BCUT2D eigenvalue weighted by atomic mass is 9.86. The van der Waals surface area contributed by atoms with Crippen molar-refractivity contribution in [3.8, 4) is 0 Å². The molecule has 1 aliphatic heterocycles. The maximum Gasteiger partial charge on any atom is 0.107 e. The number of thiazole rings is 1. The minimum atomic E-state index is 0.151. The number of aromatic nitrogens is 1. The summed E-state index contributed by atoms with van der Waals surface area (Å²) in [6, 6.07) is 0.666. The lowest BCUT2D eigenvalue weighted by Gasteiger charge is -2.40. The zero-order valence-corrected chi connectivity index (χ0v) is 15.3. The summed E-state index contributed by atoms with van der Waals surface area (Å²) in [5, 5.41) is 6.94. The Hall–Kier alpha value is -0.450. The zero-order valence-electron chi connectivity index (χ0n) is 14.4. The van der Waals surface area contributed by atoms with Gasteiger partial charge in [0.15, 0.2) is 0 Å². The van der Waals surface area contributed by atoms with Gasteiger partial charge in [0.1, 0.15) is 5.01 Å². The highest BCUT2D eigenvalue weighted by Gasteiger charge is 2.29. The molecule has 0 radical (unpaired) electrons. The maximum atomic E-state index is 4.81. The fourth-order valence-corrected chi connectivity index (χ4v) is 3.82. The molecule has 1 fully saturated rings. The van der Waals surface area contributed by atoms with Gasteiger partial charge in [-0.05, 0) is 46.0 Å². The molecule has 1 aromatic heterocycles. The Bertz CT molecular complexity index is 449. The lowest BCUT2D eigenvalue weighted by molar-refractivity contribution is 0.0719. The summed E-state index contributed by atoms with van der Waals surface area (Å²) in [6.45, 7) is 16.8. The highest BCUT2D eigenvalue weighted by Crippen LogP contribution is 2.28. The molecule has 3 atom stereocenters. The van der Waals surface area contributed by atoms with Gasteiger partial charge < -0.3 is 5.32 Å². The molecule has 0 spiro atoms. The van der Waals surface area contributed by atoms with Gasteiger partial charge in [-0.25, -0.2) is 4.98 Å². The van der Waals surface area contributed by atoms with Crippen molar-refractivity contribution in [2.75, 3.05) is 6.54 Å². The highest BCUT2D eigenvalue weighted by atomic mass is 32.1. The molecular formula is C17H31N3S. The molecule has 0 amide bonds. The van der Waals surface area contributed by atoms with Gasteiger partial charge in [-0.3, -0.25) is 4.90 Å². The predicted octanol–water partition coefficient (Wildman–Crippen LogP) is 3.90. The summed E-state index contributed by atoms with van der Waals surface area (Å²) in [5.74, 6) is 1.59. The zero-order chi connectivity index (χ0) is 15.6. The Morgan fingerprint density at radius 3 is 2.71 bits per heavy atom. The van der Waals surface area contributed by atoms with E-state index in [1.165, 1.54) is 23.7 Å². The van der Waals surface area contributed by atoms with E-state index in [1.54, 1.807) is 11.3 Å². The minimum Gasteiger partial charge on any atom is -0.306 e. The molecule has 3 unspecified atom stereocenters. The van der Waals surface area contributed by atoms with E-state index < -0.39 is 0 Å². The lowest BCUT2D eigenvalue weighted by Crippen LogP contribution is -2.45. The van der Waals surface area contributed by atoms with E-state index in [9.17, 15) is 0 Å². The summed E-state index contributed by atoms with van der Waals surface area (Å²) >= 11 is 1.78. The highest BCUT2D eigenvalue weighted by molar-refractivity contribution is 7.09. The van der Waals surface area contributed by atoms with Gasteiger partial charge in [-0.15, -0.1) is 11.3 Å². The fraction of sp³-hybridized carbons (Fsp3) is 0.824. The summed E-state index contributed by atoms with van der Waals surface area (Å²) in [5.41, 5.74) is 1.39. The molecule has 4 heteroatoms. The molecule has 120 valence electrons. The van der Waals surface area contributed by atoms with Crippen molar-refractivity contribution < 1.29 is 0 Å². The second kappa shape index (κ2) is 6.76. The Morgan fingerprint density at radius 1 is 1.33 bits per heavy atom. The van der Waals surface area contributed by atoms with Crippen LogP contribution in [0, 0.1) is 11.8 Å². The molecule has 0 bridgehead atoms. The van der Waals surface area contributed by atoms with E-state index in [1.807, 2.05) is 0 Å². The van der Waals surface area contributed by atoms with Gasteiger partial charge in [-0.2, -0.15) is 0 Å². The van der Waals surface area contributed by atoms with Crippen LogP contribution in [0.1, 0.15) is 58.7 Å². The van der Waals surface area contributed by atoms with Crippen LogP contribution in [0.5, 0.6) is 0 Å². The van der Waals surface area contributed by atoms with Gasteiger partial charge in [0.05, 0.1) is 5.69 Å². The van der Waals surface area contributed by atoms with Crippen LogP contribution in [0.25, 0.3) is 0 Å². The van der Waals surface area contributed by atoms with Crippen LogP contribution in [-0.4, -0.2) is 28.0 Å². The first-order valence-electron chi connectivity index (χ1n) is 8.17. The molecular weight excluding hydrogens is 278 g/mol. The van der Waals surface area contributed by atoms with Gasteiger partial charge >= 0.3 is 0 Å². The molecule has 1 saturated heterocycles. The Labute approximate surface area is 134 Å². The quantitative estimate of drug-likeness (QED) is 0.914. The summed E-state index contributed by atoms with van der Waals surface area (Å²) < 4.78 is 0. The number of piperidine rings is 1. The number of nitrogens with one attached hydrogen (secondary N) is 1. The molecule has 0 aromatic carbocycles. The van der Waals surface area contributed by atoms with Crippen LogP contribution < -0.4 is 5.32 Å². The number of rotatable bonds is 4. The first-order valence-corrected chi connectivity index (χ1v) is 9.05. The first kappa shape index (κ1) is 16.9. The molecule has 2 rings (SSSR count). The Morgan fingerprint density at radius 2 is 2.05 bits per heavy atom. The van der Waals surface area contributed by atoms with Gasteiger partial charge in [0, 0.05) is 36.6 Å². The van der Waals surface area contributed by atoms with E-state index in [0.717, 1.165) is 24.9 Å². The molecule has 0 aliphatic carbocycles. The molecule has 1 aromatic rings. The van der Waals surface area contributed by atoms with E-state index in [-0.39, 0.29) is 5.54 Å². The average Bonchev–Trinajstić information content (AvgIpc) is 2.80. The monoisotopic (exact) mass is 309 g/mol. The van der Waals surface area contributed by atoms with Crippen molar-refractivity contribution in [3.05, 3.63) is 16.1 Å². The maximum absolute atomic E-state index is 4.81. The summed E-state index contributed by atoms with van der Waals surface area (Å²) in [7, 11) is 0. The summed E-state index contributed by atoms with van der Waals surface area (Å²) in [4.78, 5) is 7.41. The normalized spacial score (nSPS) is 28.0.